The summed E-state index contributed by atoms with van der Waals surface area (Å²) in [4.78, 5) is 21.1. The highest BCUT2D eigenvalue weighted by Crippen LogP contribution is 2.23. The molecule has 0 bridgehead atoms. The van der Waals surface area contributed by atoms with Crippen molar-refractivity contribution in [3.8, 4) is 5.75 Å². The number of anilines is 2. The number of carbonyl (C=O) groups excluding carboxylic acids is 1. The number of hydrogen-bond donors (Lipinski definition) is 3. The molecule has 2 heterocycles. The molecule has 1 aromatic heterocycles. The van der Waals surface area contributed by atoms with Crippen molar-refractivity contribution in [1.29, 1.82) is 0 Å². The number of amides is 1. The molecule has 1 aliphatic heterocycles. The average molecular weight is 406 g/mol. The number of ether oxygens (including phenoxy) is 1. The van der Waals surface area contributed by atoms with E-state index in [1.54, 1.807) is 18.3 Å². The van der Waals surface area contributed by atoms with Crippen molar-refractivity contribution in [2.45, 2.75) is 38.8 Å². The van der Waals surface area contributed by atoms with Crippen LogP contribution in [0.2, 0.25) is 0 Å². The minimum absolute atomic E-state index is 0.0835. The van der Waals surface area contributed by atoms with Crippen molar-refractivity contribution in [1.82, 2.24) is 20.6 Å². The Bertz CT molecular complexity index is 1010. The highest BCUT2D eigenvalue weighted by Gasteiger charge is 2.15. The van der Waals surface area contributed by atoms with Gasteiger partial charge in [-0.3, -0.25) is 4.79 Å². The summed E-state index contributed by atoms with van der Waals surface area (Å²) in [5, 5.41) is 10.4. The summed E-state index contributed by atoms with van der Waals surface area (Å²) in [6.45, 7) is 5.86. The first-order valence-electron chi connectivity index (χ1n) is 10.4. The van der Waals surface area contributed by atoms with Crippen molar-refractivity contribution in [3.63, 3.8) is 0 Å². The van der Waals surface area contributed by atoms with Crippen molar-refractivity contribution in [3.05, 3.63) is 54.2 Å². The van der Waals surface area contributed by atoms with Crippen molar-refractivity contribution >= 4 is 28.4 Å². The van der Waals surface area contributed by atoms with Gasteiger partial charge >= 0.3 is 0 Å². The van der Waals surface area contributed by atoms with Gasteiger partial charge in [-0.1, -0.05) is 0 Å². The predicted octanol–water partition coefficient (Wildman–Crippen LogP) is 3.64. The summed E-state index contributed by atoms with van der Waals surface area (Å²) in [5.41, 5.74) is 2.26. The van der Waals surface area contributed by atoms with Gasteiger partial charge in [0.2, 0.25) is 5.95 Å². The molecule has 0 spiro atoms. The monoisotopic (exact) mass is 405 g/mol. The summed E-state index contributed by atoms with van der Waals surface area (Å²) < 4.78 is 6.13. The van der Waals surface area contributed by atoms with Crippen LogP contribution in [0.4, 0.5) is 11.6 Å². The molecular weight excluding hydrogens is 378 g/mol. The molecule has 1 fully saturated rings. The summed E-state index contributed by atoms with van der Waals surface area (Å²) in [6.07, 6.45) is 4.07. The molecule has 2 aromatic carbocycles. The molecular formula is C23H27N5O2. The van der Waals surface area contributed by atoms with Crippen LogP contribution in [-0.2, 0) is 0 Å². The number of carbonyl (C=O) groups is 1. The zero-order valence-electron chi connectivity index (χ0n) is 17.3. The molecule has 1 saturated heterocycles. The van der Waals surface area contributed by atoms with Gasteiger partial charge in [-0.2, -0.15) is 0 Å². The predicted molar refractivity (Wildman–Crippen MR) is 118 cm³/mol. The van der Waals surface area contributed by atoms with Crippen LogP contribution in [0.3, 0.4) is 0 Å². The summed E-state index contributed by atoms with van der Waals surface area (Å²) in [6, 6.07) is 13.3. The van der Waals surface area contributed by atoms with E-state index < -0.39 is 0 Å². The van der Waals surface area contributed by atoms with Crippen LogP contribution >= 0.6 is 0 Å². The summed E-state index contributed by atoms with van der Waals surface area (Å²) in [5.74, 6) is 1.25. The third-order valence-electron chi connectivity index (χ3n) is 4.97. The number of piperidine rings is 1. The van der Waals surface area contributed by atoms with Gasteiger partial charge in [-0.25, -0.2) is 9.97 Å². The van der Waals surface area contributed by atoms with Crippen LogP contribution in [0.5, 0.6) is 5.75 Å². The maximum absolute atomic E-state index is 12.1. The number of nitrogens with zero attached hydrogens (tertiary/aromatic N) is 2. The molecule has 3 N–H and O–H groups in total. The molecule has 0 unspecified atom stereocenters. The smallest absolute Gasteiger partial charge is 0.251 e. The maximum atomic E-state index is 12.1. The van der Waals surface area contributed by atoms with E-state index in [4.69, 9.17) is 4.74 Å². The standard InChI is InChI=1S/C23H27N5O2/c1-15(2)26-22(29)16-3-6-18(7-4-16)27-23-25-14-17-5-8-20(13-21(17)28-23)30-19-9-11-24-12-10-19/h3-8,13-15,19,24H,9-12H2,1-2H3,(H,26,29)(H,25,27,28). The summed E-state index contributed by atoms with van der Waals surface area (Å²) in [7, 11) is 0. The minimum Gasteiger partial charge on any atom is -0.490 e. The molecule has 0 atom stereocenters. The van der Waals surface area contributed by atoms with Crippen LogP contribution in [-0.4, -0.2) is 41.1 Å². The first-order chi connectivity index (χ1) is 14.6. The first-order valence-corrected chi connectivity index (χ1v) is 10.4. The Kier molecular flexibility index (Phi) is 6.09. The largest absolute Gasteiger partial charge is 0.490 e. The maximum Gasteiger partial charge on any atom is 0.251 e. The van der Waals surface area contributed by atoms with Crippen LogP contribution in [0.15, 0.2) is 48.7 Å². The zero-order chi connectivity index (χ0) is 20.9. The van der Waals surface area contributed by atoms with E-state index in [0.717, 1.165) is 48.3 Å². The van der Waals surface area contributed by atoms with Crippen molar-refractivity contribution in [2.24, 2.45) is 0 Å². The van der Waals surface area contributed by atoms with E-state index >= 15 is 0 Å². The molecule has 1 amide bonds. The Morgan fingerprint density at radius 3 is 2.63 bits per heavy atom. The van der Waals surface area contributed by atoms with E-state index in [1.165, 1.54) is 0 Å². The normalized spacial score (nSPS) is 14.6. The molecule has 0 saturated carbocycles. The lowest BCUT2D eigenvalue weighted by atomic mass is 10.1. The Morgan fingerprint density at radius 1 is 1.13 bits per heavy atom. The van der Waals surface area contributed by atoms with E-state index in [9.17, 15) is 4.79 Å². The van der Waals surface area contributed by atoms with Crippen LogP contribution in [0, 0.1) is 0 Å². The number of nitrogens with one attached hydrogen (secondary N) is 3. The van der Waals surface area contributed by atoms with Crippen LogP contribution in [0.1, 0.15) is 37.0 Å². The second-order valence-corrected chi connectivity index (χ2v) is 7.81. The van der Waals surface area contributed by atoms with E-state index in [0.29, 0.717) is 11.5 Å². The molecule has 1 aliphatic rings. The average Bonchev–Trinajstić information content (AvgIpc) is 2.74. The van der Waals surface area contributed by atoms with E-state index in [-0.39, 0.29) is 18.1 Å². The van der Waals surface area contributed by atoms with Gasteiger partial charge in [0.25, 0.3) is 5.91 Å². The highest BCUT2D eigenvalue weighted by molar-refractivity contribution is 5.94. The van der Waals surface area contributed by atoms with E-state index in [2.05, 4.69) is 25.9 Å². The first kappa shape index (κ1) is 20.1. The molecule has 0 radical (unpaired) electrons. The molecule has 4 rings (SSSR count). The fourth-order valence-corrected chi connectivity index (χ4v) is 3.42. The second-order valence-electron chi connectivity index (χ2n) is 7.81. The zero-order valence-corrected chi connectivity index (χ0v) is 17.3. The van der Waals surface area contributed by atoms with Gasteiger partial charge in [0, 0.05) is 34.9 Å². The number of benzene rings is 2. The van der Waals surface area contributed by atoms with Gasteiger partial charge in [-0.05, 0) is 76.2 Å². The lowest BCUT2D eigenvalue weighted by Crippen LogP contribution is -2.34. The Morgan fingerprint density at radius 2 is 1.90 bits per heavy atom. The minimum atomic E-state index is -0.0835. The number of hydrogen-bond acceptors (Lipinski definition) is 6. The van der Waals surface area contributed by atoms with E-state index in [1.807, 2.05) is 44.2 Å². The van der Waals surface area contributed by atoms with Gasteiger partial charge in [-0.15, -0.1) is 0 Å². The van der Waals surface area contributed by atoms with Gasteiger partial charge in [0.1, 0.15) is 11.9 Å². The van der Waals surface area contributed by atoms with Crippen molar-refractivity contribution in [2.75, 3.05) is 18.4 Å². The third kappa shape index (κ3) is 5.04. The molecule has 30 heavy (non-hydrogen) atoms. The second kappa shape index (κ2) is 9.09. The Balaban J connectivity index is 1.46. The number of fused-ring (bicyclic) bond motifs is 1. The van der Waals surface area contributed by atoms with Crippen LogP contribution < -0.4 is 20.7 Å². The summed E-state index contributed by atoms with van der Waals surface area (Å²) >= 11 is 0. The molecule has 0 aliphatic carbocycles. The molecule has 3 aromatic rings. The fraction of sp³-hybridized carbons (Fsp3) is 0.348. The van der Waals surface area contributed by atoms with Gasteiger partial charge in [0.15, 0.2) is 0 Å². The Hall–Kier alpha value is -3.19. The Labute approximate surface area is 176 Å². The lowest BCUT2D eigenvalue weighted by molar-refractivity contribution is 0.0943. The molecule has 7 nitrogen and oxygen atoms in total. The fourth-order valence-electron chi connectivity index (χ4n) is 3.42. The van der Waals surface area contributed by atoms with Gasteiger partial charge < -0.3 is 20.7 Å². The SMILES string of the molecule is CC(C)NC(=O)c1ccc(Nc2ncc3ccc(OC4CCNCC4)cc3n2)cc1. The number of aromatic nitrogens is 2. The number of rotatable bonds is 6. The van der Waals surface area contributed by atoms with Gasteiger partial charge in [0.05, 0.1) is 5.52 Å². The van der Waals surface area contributed by atoms with Crippen molar-refractivity contribution < 1.29 is 9.53 Å². The van der Waals surface area contributed by atoms with Crippen LogP contribution in [0.25, 0.3) is 10.9 Å². The topological polar surface area (TPSA) is 88.2 Å². The molecule has 156 valence electrons. The third-order valence-corrected chi connectivity index (χ3v) is 4.97. The lowest BCUT2D eigenvalue weighted by Gasteiger charge is -2.23. The quantitative estimate of drug-likeness (QED) is 0.580. The highest BCUT2D eigenvalue weighted by atomic mass is 16.5. The molecule has 7 heteroatoms.